The van der Waals surface area contributed by atoms with Gasteiger partial charge in [0.2, 0.25) is 0 Å². The molecule has 1 rings (SSSR count). The molecule has 0 heterocycles. The highest BCUT2D eigenvalue weighted by molar-refractivity contribution is 5.69. The SMILES string of the molecule is CCCCCCCCOC(=O)CCCCCCC1CC1. The van der Waals surface area contributed by atoms with Gasteiger partial charge in [-0.2, -0.15) is 0 Å². The Morgan fingerprint density at radius 2 is 1.55 bits per heavy atom. The molecule has 2 nitrogen and oxygen atoms in total. The summed E-state index contributed by atoms with van der Waals surface area (Å²) in [6.07, 6.45) is 17.3. The molecule has 0 bridgehead atoms. The van der Waals surface area contributed by atoms with Gasteiger partial charge in [0, 0.05) is 6.42 Å². The quantitative estimate of drug-likeness (QED) is 0.304. The van der Waals surface area contributed by atoms with Crippen LogP contribution < -0.4 is 0 Å². The van der Waals surface area contributed by atoms with E-state index in [1.807, 2.05) is 0 Å². The van der Waals surface area contributed by atoms with Gasteiger partial charge in [-0.1, -0.05) is 77.6 Å². The molecule has 0 aliphatic heterocycles. The third-order valence-corrected chi connectivity index (χ3v) is 4.20. The molecule has 1 aliphatic rings. The van der Waals surface area contributed by atoms with Crippen LogP contribution in [0.1, 0.15) is 96.8 Å². The zero-order valence-corrected chi connectivity index (χ0v) is 13.5. The molecule has 0 radical (unpaired) electrons. The highest BCUT2D eigenvalue weighted by atomic mass is 16.5. The van der Waals surface area contributed by atoms with Crippen molar-refractivity contribution in [2.45, 2.75) is 96.8 Å². The minimum absolute atomic E-state index is 0.0146. The summed E-state index contributed by atoms with van der Waals surface area (Å²) in [5, 5.41) is 0. The van der Waals surface area contributed by atoms with Crippen molar-refractivity contribution in [3.8, 4) is 0 Å². The Balaban J connectivity index is 1.73. The molecule has 0 unspecified atom stereocenters. The number of hydrogen-bond donors (Lipinski definition) is 0. The van der Waals surface area contributed by atoms with E-state index >= 15 is 0 Å². The van der Waals surface area contributed by atoms with Gasteiger partial charge in [0.25, 0.3) is 0 Å². The fourth-order valence-electron chi connectivity index (χ4n) is 2.60. The lowest BCUT2D eigenvalue weighted by molar-refractivity contribution is -0.143. The molecule has 0 aromatic heterocycles. The van der Waals surface area contributed by atoms with Crippen molar-refractivity contribution in [1.29, 1.82) is 0 Å². The average molecular weight is 282 g/mol. The smallest absolute Gasteiger partial charge is 0.305 e. The zero-order chi connectivity index (χ0) is 14.5. The summed E-state index contributed by atoms with van der Waals surface area (Å²) in [5.74, 6) is 1.07. The van der Waals surface area contributed by atoms with E-state index in [0.717, 1.165) is 18.8 Å². The minimum Gasteiger partial charge on any atom is -0.466 e. The first-order chi connectivity index (χ1) is 9.83. The maximum Gasteiger partial charge on any atom is 0.305 e. The van der Waals surface area contributed by atoms with E-state index in [2.05, 4.69) is 6.92 Å². The molecule has 1 saturated carbocycles. The summed E-state index contributed by atoms with van der Waals surface area (Å²) >= 11 is 0. The van der Waals surface area contributed by atoms with E-state index in [-0.39, 0.29) is 5.97 Å². The van der Waals surface area contributed by atoms with Crippen molar-refractivity contribution in [3.63, 3.8) is 0 Å². The number of carbonyl (C=O) groups excluding carboxylic acids is 1. The molecule has 2 heteroatoms. The molecule has 1 aliphatic carbocycles. The third kappa shape index (κ3) is 11.3. The zero-order valence-electron chi connectivity index (χ0n) is 13.5. The summed E-state index contributed by atoms with van der Waals surface area (Å²) in [4.78, 5) is 11.5. The highest BCUT2D eigenvalue weighted by Gasteiger charge is 2.19. The second-order valence-electron chi connectivity index (χ2n) is 6.38. The Kier molecular flexibility index (Phi) is 10.7. The molecule has 0 aromatic rings. The molecular formula is C18H34O2. The topological polar surface area (TPSA) is 26.3 Å². The molecule has 0 spiro atoms. The largest absolute Gasteiger partial charge is 0.466 e. The standard InChI is InChI=1S/C18H34O2/c1-2-3-4-5-8-11-16-20-18(19)13-10-7-6-9-12-17-14-15-17/h17H,2-16H2,1H3. The second-order valence-corrected chi connectivity index (χ2v) is 6.38. The van der Waals surface area contributed by atoms with Crippen LogP contribution in [-0.4, -0.2) is 12.6 Å². The van der Waals surface area contributed by atoms with Crippen LogP contribution in [0, 0.1) is 5.92 Å². The van der Waals surface area contributed by atoms with Crippen LogP contribution >= 0.6 is 0 Å². The summed E-state index contributed by atoms with van der Waals surface area (Å²) < 4.78 is 5.26. The molecular weight excluding hydrogens is 248 g/mol. The monoisotopic (exact) mass is 282 g/mol. The minimum atomic E-state index is 0.0146. The number of ether oxygens (including phenoxy) is 1. The number of rotatable bonds is 14. The molecule has 0 N–H and O–H groups in total. The summed E-state index contributed by atoms with van der Waals surface area (Å²) in [5.41, 5.74) is 0. The van der Waals surface area contributed by atoms with Crippen LogP contribution in [0.25, 0.3) is 0 Å². The van der Waals surface area contributed by atoms with E-state index in [1.165, 1.54) is 70.6 Å². The highest BCUT2D eigenvalue weighted by Crippen LogP contribution is 2.34. The molecule has 0 saturated heterocycles. The summed E-state index contributed by atoms with van der Waals surface area (Å²) in [6.45, 7) is 2.86. The molecule has 0 atom stereocenters. The molecule has 0 amide bonds. The number of carbonyl (C=O) groups is 1. The molecule has 0 aromatic carbocycles. The lowest BCUT2D eigenvalue weighted by Crippen LogP contribution is -2.05. The summed E-state index contributed by atoms with van der Waals surface area (Å²) in [7, 11) is 0. The first kappa shape index (κ1) is 17.5. The maximum atomic E-state index is 11.5. The fraction of sp³-hybridized carbons (Fsp3) is 0.944. The lowest BCUT2D eigenvalue weighted by Gasteiger charge is -2.05. The van der Waals surface area contributed by atoms with Crippen LogP contribution in [0.15, 0.2) is 0 Å². The Morgan fingerprint density at radius 3 is 2.30 bits per heavy atom. The first-order valence-electron chi connectivity index (χ1n) is 8.98. The van der Waals surface area contributed by atoms with Crippen LogP contribution in [0.5, 0.6) is 0 Å². The van der Waals surface area contributed by atoms with Gasteiger partial charge in [0.05, 0.1) is 6.61 Å². The molecule has 118 valence electrons. The number of unbranched alkanes of at least 4 members (excludes halogenated alkanes) is 8. The van der Waals surface area contributed by atoms with E-state index in [9.17, 15) is 4.79 Å². The Bertz CT molecular complexity index is 234. The Hall–Kier alpha value is -0.530. The van der Waals surface area contributed by atoms with Gasteiger partial charge in [0.15, 0.2) is 0 Å². The fourth-order valence-corrected chi connectivity index (χ4v) is 2.60. The molecule has 1 fully saturated rings. The van der Waals surface area contributed by atoms with Crippen molar-refractivity contribution in [2.24, 2.45) is 5.92 Å². The maximum absolute atomic E-state index is 11.5. The van der Waals surface area contributed by atoms with Gasteiger partial charge >= 0.3 is 5.97 Å². The van der Waals surface area contributed by atoms with Crippen LogP contribution in [0.4, 0.5) is 0 Å². The van der Waals surface area contributed by atoms with Crippen LogP contribution in [-0.2, 0) is 9.53 Å². The third-order valence-electron chi connectivity index (χ3n) is 4.20. The van der Waals surface area contributed by atoms with Crippen molar-refractivity contribution in [3.05, 3.63) is 0 Å². The van der Waals surface area contributed by atoms with E-state index < -0.39 is 0 Å². The van der Waals surface area contributed by atoms with Crippen molar-refractivity contribution < 1.29 is 9.53 Å². The predicted octanol–water partition coefficient (Wildman–Crippen LogP) is 5.64. The average Bonchev–Trinajstić information content (AvgIpc) is 3.26. The Morgan fingerprint density at radius 1 is 0.900 bits per heavy atom. The van der Waals surface area contributed by atoms with Gasteiger partial charge in [-0.3, -0.25) is 4.79 Å². The van der Waals surface area contributed by atoms with Gasteiger partial charge in [-0.05, 0) is 18.8 Å². The van der Waals surface area contributed by atoms with Crippen molar-refractivity contribution in [1.82, 2.24) is 0 Å². The lowest BCUT2D eigenvalue weighted by atomic mass is 10.1. The van der Waals surface area contributed by atoms with E-state index in [0.29, 0.717) is 13.0 Å². The second kappa shape index (κ2) is 12.2. The van der Waals surface area contributed by atoms with Gasteiger partial charge in [0.1, 0.15) is 0 Å². The predicted molar refractivity (Wildman–Crippen MR) is 84.8 cm³/mol. The summed E-state index contributed by atoms with van der Waals surface area (Å²) in [6, 6.07) is 0. The van der Waals surface area contributed by atoms with Crippen LogP contribution in [0.3, 0.4) is 0 Å². The van der Waals surface area contributed by atoms with Crippen LogP contribution in [0.2, 0.25) is 0 Å². The van der Waals surface area contributed by atoms with Crippen molar-refractivity contribution in [2.75, 3.05) is 6.61 Å². The van der Waals surface area contributed by atoms with Gasteiger partial charge in [-0.15, -0.1) is 0 Å². The number of esters is 1. The molecule has 20 heavy (non-hydrogen) atoms. The van der Waals surface area contributed by atoms with Gasteiger partial charge in [-0.25, -0.2) is 0 Å². The van der Waals surface area contributed by atoms with E-state index in [4.69, 9.17) is 4.74 Å². The van der Waals surface area contributed by atoms with Gasteiger partial charge < -0.3 is 4.74 Å². The first-order valence-corrected chi connectivity index (χ1v) is 8.98. The van der Waals surface area contributed by atoms with Crippen molar-refractivity contribution >= 4 is 5.97 Å². The number of hydrogen-bond acceptors (Lipinski definition) is 2. The van der Waals surface area contributed by atoms with E-state index in [1.54, 1.807) is 0 Å². The Labute approximate surface area is 125 Å². The normalized spacial score (nSPS) is 14.4.